The quantitative estimate of drug-likeness (QED) is 0.761. The highest BCUT2D eigenvalue weighted by molar-refractivity contribution is 7.91. The highest BCUT2D eigenvalue weighted by Gasteiger charge is 2.26. The molecule has 0 bridgehead atoms. The van der Waals surface area contributed by atoms with Gasteiger partial charge in [-0.05, 0) is 25.3 Å². The summed E-state index contributed by atoms with van der Waals surface area (Å²) in [5, 5.41) is 8.18. The van der Waals surface area contributed by atoms with Gasteiger partial charge in [-0.2, -0.15) is 0 Å². The van der Waals surface area contributed by atoms with Crippen LogP contribution in [-0.2, 0) is 16.4 Å². The second-order valence-corrected chi connectivity index (χ2v) is 8.27. The van der Waals surface area contributed by atoms with Gasteiger partial charge in [-0.25, -0.2) is 8.42 Å². The van der Waals surface area contributed by atoms with E-state index in [1.807, 2.05) is 52.0 Å². The SMILES string of the molecule is C=C(C)Cn1c(-c2ccccc2C)nnc1S(=O)(=O)CC(C)C. The van der Waals surface area contributed by atoms with E-state index in [0.29, 0.717) is 12.4 Å². The van der Waals surface area contributed by atoms with Crippen LogP contribution in [-0.4, -0.2) is 28.9 Å². The zero-order chi connectivity index (χ0) is 17.2. The fourth-order valence-corrected chi connectivity index (χ4v) is 4.15. The van der Waals surface area contributed by atoms with Gasteiger partial charge in [-0.15, -0.1) is 10.2 Å². The van der Waals surface area contributed by atoms with E-state index >= 15 is 0 Å². The number of aryl methyl sites for hydroxylation is 1. The fourth-order valence-electron chi connectivity index (χ4n) is 2.47. The molecule has 0 radical (unpaired) electrons. The van der Waals surface area contributed by atoms with E-state index in [4.69, 9.17) is 0 Å². The van der Waals surface area contributed by atoms with Gasteiger partial charge in [0.1, 0.15) is 0 Å². The van der Waals surface area contributed by atoms with Crippen LogP contribution in [0, 0.1) is 12.8 Å². The van der Waals surface area contributed by atoms with Gasteiger partial charge < -0.3 is 0 Å². The lowest BCUT2D eigenvalue weighted by Crippen LogP contribution is -2.18. The average Bonchev–Trinajstić information content (AvgIpc) is 2.81. The van der Waals surface area contributed by atoms with Crippen molar-refractivity contribution in [3.8, 4) is 11.4 Å². The summed E-state index contributed by atoms with van der Waals surface area (Å²) in [7, 11) is -3.49. The van der Waals surface area contributed by atoms with Gasteiger partial charge >= 0.3 is 0 Å². The summed E-state index contributed by atoms with van der Waals surface area (Å²) in [5.41, 5.74) is 2.75. The Morgan fingerprint density at radius 3 is 2.48 bits per heavy atom. The Balaban J connectivity index is 2.63. The number of allylic oxidation sites excluding steroid dienone is 1. The number of hydrogen-bond acceptors (Lipinski definition) is 4. The molecule has 0 aliphatic carbocycles. The van der Waals surface area contributed by atoms with Crippen LogP contribution in [0.4, 0.5) is 0 Å². The van der Waals surface area contributed by atoms with Gasteiger partial charge in [0.25, 0.3) is 0 Å². The van der Waals surface area contributed by atoms with Crippen molar-refractivity contribution in [2.24, 2.45) is 5.92 Å². The molecule has 0 aliphatic rings. The molecule has 1 heterocycles. The highest BCUT2D eigenvalue weighted by atomic mass is 32.2. The molecule has 2 rings (SSSR count). The van der Waals surface area contributed by atoms with E-state index in [1.54, 1.807) is 4.57 Å². The van der Waals surface area contributed by atoms with Crippen molar-refractivity contribution < 1.29 is 8.42 Å². The van der Waals surface area contributed by atoms with Crippen LogP contribution in [0.2, 0.25) is 0 Å². The molecule has 0 fully saturated rings. The van der Waals surface area contributed by atoms with Gasteiger partial charge in [-0.1, -0.05) is 50.3 Å². The van der Waals surface area contributed by atoms with E-state index in [2.05, 4.69) is 16.8 Å². The molecule has 1 aromatic carbocycles. The summed E-state index contributed by atoms with van der Waals surface area (Å²) in [6.07, 6.45) is 0. The van der Waals surface area contributed by atoms with Gasteiger partial charge in [0.15, 0.2) is 5.82 Å². The van der Waals surface area contributed by atoms with Crippen molar-refractivity contribution >= 4 is 9.84 Å². The molecule has 0 saturated carbocycles. The van der Waals surface area contributed by atoms with Crippen molar-refractivity contribution in [2.75, 3.05) is 5.75 Å². The lowest BCUT2D eigenvalue weighted by atomic mass is 10.1. The zero-order valence-corrected chi connectivity index (χ0v) is 14.9. The monoisotopic (exact) mass is 333 g/mol. The van der Waals surface area contributed by atoms with Crippen molar-refractivity contribution in [2.45, 2.75) is 39.4 Å². The molecule has 124 valence electrons. The van der Waals surface area contributed by atoms with Crippen LogP contribution in [0.3, 0.4) is 0 Å². The summed E-state index contributed by atoms with van der Waals surface area (Å²) < 4.78 is 26.9. The molecule has 0 aliphatic heterocycles. The second-order valence-electron chi connectivity index (χ2n) is 6.34. The zero-order valence-electron chi connectivity index (χ0n) is 14.1. The third-order valence-electron chi connectivity index (χ3n) is 3.36. The van der Waals surface area contributed by atoms with Crippen LogP contribution < -0.4 is 0 Å². The van der Waals surface area contributed by atoms with E-state index in [9.17, 15) is 8.42 Å². The lowest BCUT2D eigenvalue weighted by Gasteiger charge is -2.12. The normalized spacial score (nSPS) is 11.9. The Bertz CT molecular complexity index is 820. The largest absolute Gasteiger partial charge is 0.294 e. The Labute approximate surface area is 138 Å². The molecular weight excluding hydrogens is 310 g/mol. The number of aromatic nitrogens is 3. The van der Waals surface area contributed by atoms with Crippen LogP contribution in [0.5, 0.6) is 0 Å². The molecule has 0 N–H and O–H groups in total. The molecule has 0 spiro atoms. The average molecular weight is 333 g/mol. The van der Waals surface area contributed by atoms with Gasteiger partial charge in [0.05, 0.1) is 5.75 Å². The Kier molecular flexibility index (Phi) is 5.04. The molecule has 0 saturated heterocycles. The Hall–Kier alpha value is -1.95. The number of sulfone groups is 1. The first-order chi connectivity index (χ1) is 10.7. The van der Waals surface area contributed by atoms with E-state index in [-0.39, 0.29) is 16.8 Å². The predicted octanol–water partition coefficient (Wildman–Crippen LogP) is 3.26. The fraction of sp³-hybridized carbons (Fsp3) is 0.412. The van der Waals surface area contributed by atoms with Gasteiger partial charge in [-0.3, -0.25) is 4.57 Å². The molecular formula is C17H23N3O2S. The highest BCUT2D eigenvalue weighted by Crippen LogP contribution is 2.25. The molecule has 0 amide bonds. The molecule has 1 aromatic heterocycles. The first-order valence-corrected chi connectivity index (χ1v) is 9.24. The molecule has 0 atom stereocenters. The van der Waals surface area contributed by atoms with E-state index in [1.165, 1.54) is 0 Å². The minimum Gasteiger partial charge on any atom is -0.294 e. The maximum absolute atomic E-state index is 12.6. The molecule has 5 nitrogen and oxygen atoms in total. The number of benzene rings is 1. The molecule has 23 heavy (non-hydrogen) atoms. The van der Waals surface area contributed by atoms with Gasteiger partial charge in [0.2, 0.25) is 15.0 Å². The standard InChI is InChI=1S/C17H23N3O2S/c1-12(2)10-20-16(15-9-7-6-8-14(15)5)18-19-17(20)23(21,22)11-13(3)4/h6-9,13H,1,10-11H2,2-5H3. The Morgan fingerprint density at radius 2 is 1.91 bits per heavy atom. The lowest BCUT2D eigenvalue weighted by molar-refractivity contribution is 0.560. The topological polar surface area (TPSA) is 64.8 Å². The van der Waals surface area contributed by atoms with Crippen molar-refractivity contribution in [1.82, 2.24) is 14.8 Å². The summed E-state index contributed by atoms with van der Waals surface area (Å²) in [6, 6.07) is 7.74. The number of hydrogen-bond donors (Lipinski definition) is 0. The van der Waals surface area contributed by atoms with E-state index < -0.39 is 9.84 Å². The predicted molar refractivity (Wildman–Crippen MR) is 91.9 cm³/mol. The summed E-state index contributed by atoms with van der Waals surface area (Å²) >= 11 is 0. The third-order valence-corrected chi connectivity index (χ3v) is 5.33. The third kappa shape index (κ3) is 3.88. The van der Waals surface area contributed by atoms with Crippen LogP contribution in [0.25, 0.3) is 11.4 Å². The van der Waals surface area contributed by atoms with Crippen molar-refractivity contribution in [3.63, 3.8) is 0 Å². The van der Waals surface area contributed by atoms with Gasteiger partial charge in [0, 0.05) is 12.1 Å². The van der Waals surface area contributed by atoms with Crippen LogP contribution >= 0.6 is 0 Å². The summed E-state index contributed by atoms with van der Waals surface area (Å²) in [4.78, 5) is 0. The first-order valence-electron chi connectivity index (χ1n) is 7.58. The second kappa shape index (κ2) is 6.66. The minimum absolute atomic E-state index is 0.0208. The maximum Gasteiger partial charge on any atom is 0.250 e. The van der Waals surface area contributed by atoms with Crippen LogP contribution in [0.1, 0.15) is 26.3 Å². The number of nitrogens with zero attached hydrogens (tertiary/aromatic N) is 3. The van der Waals surface area contributed by atoms with Crippen molar-refractivity contribution in [1.29, 1.82) is 0 Å². The molecule has 2 aromatic rings. The van der Waals surface area contributed by atoms with Crippen molar-refractivity contribution in [3.05, 3.63) is 42.0 Å². The Morgan fingerprint density at radius 1 is 1.26 bits per heavy atom. The minimum atomic E-state index is -3.49. The smallest absolute Gasteiger partial charge is 0.250 e. The molecule has 6 heteroatoms. The summed E-state index contributed by atoms with van der Waals surface area (Å²) in [5.74, 6) is 0.639. The maximum atomic E-state index is 12.6. The first kappa shape index (κ1) is 17.4. The van der Waals surface area contributed by atoms with E-state index in [0.717, 1.165) is 16.7 Å². The number of rotatable bonds is 6. The van der Waals surface area contributed by atoms with Crippen LogP contribution in [0.15, 0.2) is 41.6 Å². The molecule has 0 unspecified atom stereocenters. The summed E-state index contributed by atoms with van der Waals surface area (Å²) in [6.45, 7) is 11.9.